The summed E-state index contributed by atoms with van der Waals surface area (Å²) >= 11 is -1.72. The predicted molar refractivity (Wildman–Crippen MR) is 102 cm³/mol. The van der Waals surface area contributed by atoms with Gasteiger partial charge in [0.1, 0.15) is 0 Å². The Balaban J connectivity index is 0.000000306. The molecular formula is C18H28Cl2GeHf-2. The normalized spacial score (nSPS) is 9.36. The van der Waals surface area contributed by atoms with Gasteiger partial charge in [-0.05, 0) is 0 Å². The Morgan fingerprint density at radius 1 is 0.773 bits per heavy atom. The molecule has 0 saturated heterocycles. The van der Waals surface area contributed by atoms with Crippen LogP contribution in [0.3, 0.4) is 0 Å². The van der Waals surface area contributed by atoms with Crippen molar-refractivity contribution in [1.29, 1.82) is 0 Å². The van der Waals surface area contributed by atoms with Crippen LogP contribution >= 0.6 is 17.2 Å². The molecule has 0 aliphatic heterocycles. The van der Waals surface area contributed by atoms with Crippen molar-refractivity contribution in [2.45, 2.75) is 53.1 Å². The van der Waals surface area contributed by atoms with Crippen molar-refractivity contribution in [1.82, 2.24) is 0 Å². The molecule has 2 rings (SSSR count). The van der Waals surface area contributed by atoms with Gasteiger partial charge in [0, 0.05) is 0 Å². The van der Waals surface area contributed by atoms with Gasteiger partial charge in [-0.3, -0.25) is 0 Å². The van der Waals surface area contributed by atoms with Crippen molar-refractivity contribution in [3.8, 4) is 0 Å². The third kappa shape index (κ3) is 9.75. The van der Waals surface area contributed by atoms with Crippen molar-refractivity contribution < 1.29 is 16.0 Å². The Hall–Kier alpha value is 0.693. The summed E-state index contributed by atoms with van der Waals surface area (Å²) in [5.41, 5.74) is 8.37. The van der Waals surface area contributed by atoms with Gasteiger partial charge in [0.05, 0.1) is 0 Å². The summed E-state index contributed by atoms with van der Waals surface area (Å²) in [5, 5.41) is 0. The zero-order valence-corrected chi connectivity index (χ0v) is 22.3. The van der Waals surface area contributed by atoms with Gasteiger partial charge in [0.2, 0.25) is 0 Å². The van der Waals surface area contributed by atoms with E-state index >= 15 is 0 Å². The molecule has 124 valence electrons. The molecule has 0 radical (unpaired) electrons. The first-order valence-electron chi connectivity index (χ1n) is 7.44. The van der Waals surface area contributed by atoms with Crippen molar-refractivity contribution in [3.63, 3.8) is 0 Å². The summed E-state index contributed by atoms with van der Waals surface area (Å²) in [7, 11) is 10.6. The second-order valence-corrected chi connectivity index (χ2v) is 58.0. The van der Waals surface area contributed by atoms with Crippen molar-refractivity contribution in [2.75, 3.05) is 0 Å². The molecule has 0 spiro atoms. The minimum absolute atomic E-state index is 0.719. The Bertz CT molecular complexity index is 520. The maximum absolute atomic E-state index is 5.67. The standard InChI is InChI=1S/2C8H11.C2H6Ge.2ClH.Hf/c2*1-6-4-7(2)8(3)5-6;1-3-2;;;/h2*4-5H,1-3H3;1-2H3;2*1H;/q2*-1;;;;+2/p-2. The third-order valence-electron chi connectivity index (χ3n) is 3.40. The summed E-state index contributed by atoms with van der Waals surface area (Å²) < 4.78 is 0. The van der Waals surface area contributed by atoms with Crippen LogP contribution in [0.4, 0.5) is 0 Å². The van der Waals surface area contributed by atoms with Crippen LogP contribution in [0.15, 0.2) is 24.3 Å². The molecule has 0 N–H and O–H groups in total. The minimum atomic E-state index is -1.72. The van der Waals surface area contributed by atoms with Gasteiger partial charge in [-0.1, -0.05) is 41.5 Å². The fraction of sp³-hybridized carbons (Fsp3) is 0.444. The molecule has 2 aromatic rings. The molecule has 0 unspecified atom stereocenters. The zero-order valence-electron chi connectivity index (χ0n) is 15.1. The van der Waals surface area contributed by atoms with E-state index in [0.29, 0.717) is 0 Å². The second-order valence-electron chi connectivity index (χ2n) is 6.06. The van der Waals surface area contributed by atoms with Crippen molar-refractivity contribution >= 4 is 27.2 Å². The van der Waals surface area contributed by atoms with Crippen LogP contribution < -0.4 is 0 Å². The van der Waals surface area contributed by atoms with Crippen molar-refractivity contribution in [2.24, 2.45) is 0 Å². The van der Waals surface area contributed by atoms with Gasteiger partial charge >= 0.3 is 54.7 Å². The Kier molecular flexibility index (Phi) is 11.6. The second kappa shape index (κ2) is 11.3. The van der Waals surface area contributed by atoms with Gasteiger partial charge < -0.3 is 0 Å². The van der Waals surface area contributed by atoms with Gasteiger partial charge in [-0.25, -0.2) is 12.1 Å². The molecule has 2 aromatic carbocycles. The average Bonchev–Trinajstić information content (AvgIpc) is 2.82. The van der Waals surface area contributed by atoms with E-state index in [1.54, 1.807) is 0 Å². The first-order chi connectivity index (χ1) is 10.0. The predicted octanol–water partition coefficient (Wildman–Crippen LogP) is 6.82. The van der Waals surface area contributed by atoms with Gasteiger partial charge in [0.15, 0.2) is 0 Å². The first kappa shape index (κ1) is 22.7. The van der Waals surface area contributed by atoms with E-state index in [1.807, 2.05) is 0 Å². The Morgan fingerprint density at radius 3 is 1.09 bits per heavy atom. The van der Waals surface area contributed by atoms with E-state index in [0.717, 1.165) is 0 Å². The molecule has 0 aliphatic carbocycles. The molecule has 0 nitrogen and oxygen atoms in total. The van der Waals surface area contributed by atoms with Crippen LogP contribution in [-0.2, 0) is 16.0 Å². The fourth-order valence-electron chi connectivity index (χ4n) is 1.90. The number of rotatable bonds is 0. The maximum atomic E-state index is 5.67. The third-order valence-corrected chi connectivity index (χ3v) is 51.2. The molecule has 0 aromatic heterocycles. The Labute approximate surface area is 152 Å². The molecule has 0 bridgehead atoms. The van der Waals surface area contributed by atoms with Crippen LogP contribution in [0.2, 0.25) is 11.5 Å². The van der Waals surface area contributed by atoms with Crippen LogP contribution in [-0.4, -0.2) is 10.1 Å². The van der Waals surface area contributed by atoms with E-state index < -0.39 is 26.0 Å². The van der Waals surface area contributed by atoms with Crippen molar-refractivity contribution in [3.05, 3.63) is 57.6 Å². The van der Waals surface area contributed by atoms with Crippen LogP contribution in [0.25, 0.3) is 0 Å². The summed E-state index contributed by atoms with van der Waals surface area (Å²) in [4.78, 5) is 0. The molecule has 4 heteroatoms. The number of hydrogen-bond acceptors (Lipinski definition) is 0. The van der Waals surface area contributed by atoms with Crippen LogP contribution in [0.1, 0.15) is 33.4 Å². The fourth-order valence-corrected chi connectivity index (χ4v) is 1.90. The monoisotopic (exact) mass is 568 g/mol. The summed E-state index contributed by atoms with van der Waals surface area (Å²) in [6.07, 6.45) is 0. The molecule has 0 atom stereocenters. The van der Waals surface area contributed by atoms with Gasteiger partial charge in [-0.15, -0.1) is 0 Å². The molecule has 0 aliphatic rings. The van der Waals surface area contributed by atoms with Gasteiger partial charge in [-0.2, -0.15) is 45.5 Å². The molecule has 0 fully saturated rings. The number of halogens is 2. The summed E-state index contributed by atoms with van der Waals surface area (Å²) in [6, 6.07) is 8.81. The van der Waals surface area contributed by atoms with E-state index in [-0.39, 0.29) is 0 Å². The molecule has 0 amide bonds. The molecular weight excluding hydrogens is 538 g/mol. The summed E-state index contributed by atoms with van der Waals surface area (Å²) in [5.74, 6) is 4.48. The molecule has 0 saturated carbocycles. The van der Waals surface area contributed by atoms with E-state index in [9.17, 15) is 0 Å². The SMILES string of the molecule is Cc1cc(C)c(C)[cH-]1.Cc1cc(C)c(C)[cH-]1.[CH3][Ge]([CH3])=[Hf]([Cl])[Cl]. The van der Waals surface area contributed by atoms with E-state index in [4.69, 9.17) is 17.2 Å². The van der Waals surface area contributed by atoms with E-state index in [2.05, 4.69) is 77.3 Å². The number of aryl methyl sites for hydroxylation is 6. The van der Waals surface area contributed by atoms with E-state index in [1.165, 1.54) is 33.4 Å². The van der Waals surface area contributed by atoms with Gasteiger partial charge in [0.25, 0.3) is 0 Å². The number of hydrogen-bond donors (Lipinski definition) is 0. The topological polar surface area (TPSA) is 0 Å². The van der Waals surface area contributed by atoms with Crippen LogP contribution in [0, 0.1) is 41.5 Å². The molecule has 22 heavy (non-hydrogen) atoms. The first-order valence-corrected chi connectivity index (χ1v) is 30.9. The average molecular weight is 566 g/mol. The quantitative estimate of drug-likeness (QED) is 0.243. The zero-order chi connectivity index (χ0) is 17.4. The Morgan fingerprint density at radius 2 is 1.05 bits per heavy atom. The molecule has 0 heterocycles. The van der Waals surface area contributed by atoms with Crippen LogP contribution in [0.5, 0.6) is 0 Å². The summed E-state index contributed by atoms with van der Waals surface area (Å²) in [6.45, 7) is 12.8.